The van der Waals surface area contributed by atoms with Gasteiger partial charge < -0.3 is 4.57 Å². The molecule has 0 aliphatic heterocycles. The van der Waals surface area contributed by atoms with Crippen molar-refractivity contribution in [3.05, 3.63) is 35.3 Å². The number of nitrogens with zero attached hydrogens (tertiary/aromatic N) is 5. The number of nitrogens with one attached hydrogen (secondary N) is 1. The van der Waals surface area contributed by atoms with Crippen LogP contribution in [0.25, 0.3) is 11.4 Å². The lowest BCUT2D eigenvalue weighted by atomic mass is 10.2. The van der Waals surface area contributed by atoms with E-state index in [1.165, 1.54) is 23.1 Å². The third kappa shape index (κ3) is 3.62. The number of aromatic nitrogens is 5. The summed E-state index contributed by atoms with van der Waals surface area (Å²) >= 11 is 2.70. The van der Waals surface area contributed by atoms with Gasteiger partial charge in [0.05, 0.1) is 5.25 Å². The molecule has 9 heteroatoms. The van der Waals surface area contributed by atoms with Crippen LogP contribution in [0.15, 0.2) is 35.5 Å². The largest absolute Gasteiger partial charge is 0.305 e. The smallest absolute Gasteiger partial charge is 0.239 e. The maximum Gasteiger partial charge on any atom is 0.239 e. The van der Waals surface area contributed by atoms with Crippen molar-refractivity contribution in [2.24, 2.45) is 7.05 Å². The number of carbonyl (C=O) groups is 1. The Balaban J connectivity index is 1.69. The molecule has 2 heterocycles. The molecular weight excluding hydrogens is 344 g/mol. The van der Waals surface area contributed by atoms with Gasteiger partial charge in [0, 0.05) is 12.6 Å². The number of aryl methyl sites for hydroxylation is 1. The summed E-state index contributed by atoms with van der Waals surface area (Å²) in [5, 5.41) is 20.6. The topological polar surface area (TPSA) is 85.6 Å². The molecule has 1 amide bonds. The standard InChI is InChI=1S/C15H16N6OS2/c1-9(13(22)16-14-19-17-10(2)24-14)23-15-20-18-12(21(15)3)11-7-5-4-6-8-11/h4-9H,1-3H3,(H,16,19,22). The Bertz CT molecular complexity index is 845. The van der Waals surface area contributed by atoms with E-state index in [0.717, 1.165) is 16.4 Å². The van der Waals surface area contributed by atoms with E-state index in [1.807, 2.05) is 55.8 Å². The van der Waals surface area contributed by atoms with Gasteiger partial charge >= 0.3 is 0 Å². The molecule has 1 aromatic carbocycles. The van der Waals surface area contributed by atoms with Gasteiger partial charge in [0.15, 0.2) is 11.0 Å². The zero-order valence-electron chi connectivity index (χ0n) is 13.4. The highest BCUT2D eigenvalue weighted by Crippen LogP contribution is 2.26. The van der Waals surface area contributed by atoms with Gasteiger partial charge in [0.1, 0.15) is 5.01 Å². The fraction of sp³-hybridized carbons (Fsp3) is 0.267. The van der Waals surface area contributed by atoms with E-state index >= 15 is 0 Å². The Morgan fingerprint density at radius 2 is 1.96 bits per heavy atom. The molecule has 1 atom stereocenters. The first-order valence-corrected chi connectivity index (χ1v) is 8.96. The van der Waals surface area contributed by atoms with Gasteiger partial charge in [0.25, 0.3) is 0 Å². The van der Waals surface area contributed by atoms with Crippen LogP contribution in [0.2, 0.25) is 0 Å². The summed E-state index contributed by atoms with van der Waals surface area (Å²) in [5.74, 6) is 0.630. The van der Waals surface area contributed by atoms with Gasteiger partial charge in [-0.15, -0.1) is 20.4 Å². The van der Waals surface area contributed by atoms with Crippen molar-refractivity contribution >= 4 is 34.1 Å². The Labute approximate surface area is 147 Å². The summed E-state index contributed by atoms with van der Waals surface area (Å²) in [6.45, 7) is 3.67. The van der Waals surface area contributed by atoms with Gasteiger partial charge in [-0.05, 0) is 13.8 Å². The number of rotatable bonds is 5. The van der Waals surface area contributed by atoms with E-state index < -0.39 is 0 Å². The first kappa shape index (κ1) is 16.6. The summed E-state index contributed by atoms with van der Waals surface area (Å²) in [7, 11) is 1.89. The molecule has 3 rings (SSSR count). The van der Waals surface area contributed by atoms with Crippen LogP contribution in [0.5, 0.6) is 0 Å². The van der Waals surface area contributed by atoms with Gasteiger partial charge in [-0.1, -0.05) is 53.4 Å². The molecule has 0 fully saturated rings. The number of anilines is 1. The molecule has 2 aromatic heterocycles. The maximum atomic E-state index is 12.3. The van der Waals surface area contributed by atoms with E-state index in [9.17, 15) is 4.79 Å². The SMILES string of the molecule is Cc1nnc(NC(=O)C(C)Sc2nnc(-c3ccccc3)n2C)s1. The fourth-order valence-corrected chi connectivity index (χ4v) is 3.43. The van der Waals surface area contributed by atoms with Crippen molar-refractivity contribution in [2.75, 3.05) is 5.32 Å². The number of carbonyl (C=O) groups excluding carboxylic acids is 1. The Morgan fingerprint density at radius 1 is 1.21 bits per heavy atom. The van der Waals surface area contributed by atoms with E-state index in [1.54, 1.807) is 0 Å². The van der Waals surface area contributed by atoms with Crippen molar-refractivity contribution in [3.63, 3.8) is 0 Å². The lowest BCUT2D eigenvalue weighted by Crippen LogP contribution is -2.22. The minimum Gasteiger partial charge on any atom is -0.305 e. The van der Waals surface area contributed by atoms with Crippen LogP contribution in [-0.4, -0.2) is 36.1 Å². The predicted molar refractivity (Wildman–Crippen MR) is 95.0 cm³/mol. The minimum atomic E-state index is -0.333. The van der Waals surface area contributed by atoms with Crippen molar-refractivity contribution in [1.82, 2.24) is 25.0 Å². The highest BCUT2D eigenvalue weighted by molar-refractivity contribution is 8.00. The molecule has 0 bridgehead atoms. The maximum absolute atomic E-state index is 12.3. The number of thioether (sulfide) groups is 1. The van der Waals surface area contributed by atoms with E-state index in [2.05, 4.69) is 25.7 Å². The average molecular weight is 360 g/mol. The third-order valence-corrected chi connectivity index (χ3v) is 5.16. The summed E-state index contributed by atoms with van der Waals surface area (Å²) in [6, 6.07) is 9.82. The summed E-state index contributed by atoms with van der Waals surface area (Å²) < 4.78 is 1.89. The predicted octanol–water partition coefficient (Wildman–Crippen LogP) is 2.76. The first-order chi connectivity index (χ1) is 11.5. The quantitative estimate of drug-likeness (QED) is 0.704. The number of hydrogen-bond acceptors (Lipinski definition) is 7. The lowest BCUT2D eigenvalue weighted by molar-refractivity contribution is -0.115. The Kier molecular flexibility index (Phi) is 4.91. The molecule has 0 radical (unpaired) electrons. The molecule has 0 saturated carbocycles. The minimum absolute atomic E-state index is 0.139. The van der Waals surface area contributed by atoms with Crippen molar-refractivity contribution in [2.45, 2.75) is 24.3 Å². The zero-order valence-corrected chi connectivity index (χ0v) is 15.1. The molecule has 1 N–H and O–H groups in total. The zero-order chi connectivity index (χ0) is 17.1. The summed E-state index contributed by atoms with van der Waals surface area (Å²) in [5.41, 5.74) is 0.987. The average Bonchev–Trinajstić information content (AvgIpc) is 3.14. The van der Waals surface area contributed by atoms with Gasteiger partial charge in [-0.2, -0.15) is 0 Å². The molecule has 0 aliphatic rings. The van der Waals surface area contributed by atoms with Crippen LogP contribution < -0.4 is 5.32 Å². The molecule has 7 nitrogen and oxygen atoms in total. The van der Waals surface area contributed by atoms with Crippen LogP contribution >= 0.6 is 23.1 Å². The van der Waals surface area contributed by atoms with Crippen molar-refractivity contribution in [1.29, 1.82) is 0 Å². The molecular formula is C15H16N6OS2. The molecule has 124 valence electrons. The summed E-state index contributed by atoms with van der Waals surface area (Å²) in [4.78, 5) is 12.3. The normalized spacial score (nSPS) is 12.1. The molecule has 3 aromatic rings. The highest BCUT2D eigenvalue weighted by Gasteiger charge is 2.20. The van der Waals surface area contributed by atoms with E-state index in [0.29, 0.717) is 10.3 Å². The highest BCUT2D eigenvalue weighted by atomic mass is 32.2. The summed E-state index contributed by atoms with van der Waals surface area (Å²) in [6.07, 6.45) is 0. The van der Waals surface area contributed by atoms with Crippen LogP contribution in [-0.2, 0) is 11.8 Å². The van der Waals surface area contributed by atoms with Crippen LogP contribution in [0, 0.1) is 6.92 Å². The molecule has 0 saturated heterocycles. The molecule has 24 heavy (non-hydrogen) atoms. The second-order valence-electron chi connectivity index (χ2n) is 5.11. The Hall–Kier alpha value is -2.26. The lowest BCUT2D eigenvalue weighted by Gasteiger charge is -2.09. The van der Waals surface area contributed by atoms with E-state index in [4.69, 9.17) is 0 Å². The Morgan fingerprint density at radius 3 is 2.62 bits per heavy atom. The molecule has 1 unspecified atom stereocenters. The monoisotopic (exact) mass is 360 g/mol. The van der Waals surface area contributed by atoms with E-state index in [-0.39, 0.29) is 11.2 Å². The molecule has 0 spiro atoms. The number of amides is 1. The van der Waals surface area contributed by atoms with Gasteiger partial charge in [0.2, 0.25) is 11.0 Å². The second kappa shape index (κ2) is 7.10. The van der Waals surface area contributed by atoms with Crippen LogP contribution in [0.3, 0.4) is 0 Å². The van der Waals surface area contributed by atoms with Crippen LogP contribution in [0.1, 0.15) is 11.9 Å². The first-order valence-electron chi connectivity index (χ1n) is 7.27. The van der Waals surface area contributed by atoms with Crippen molar-refractivity contribution < 1.29 is 4.79 Å². The molecule has 0 aliphatic carbocycles. The number of hydrogen-bond donors (Lipinski definition) is 1. The fourth-order valence-electron chi connectivity index (χ4n) is 2.02. The second-order valence-corrected chi connectivity index (χ2v) is 7.60. The van der Waals surface area contributed by atoms with Crippen molar-refractivity contribution in [3.8, 4) is 11.4 Å². The van der Waals surface area contributed by atoms with Gasteiger partial charge in [-0.25, -0.2) is 0 Å². The van der Waals surface area contributed by atoms with Gasteiger partial charge in [-0.3, -0.25) is 10.1 Å². The van der Waals surface area contributed by atoms with Crippen LogP contribution in [0.4, 0.5) is 5.13 Å². The number of benzene rings is 1. The third-order valence-electron chi connectivity index (χ3n) is 3.27.